The Morgan fingerprint density at radius 2 is 2.00 bits per heavy atom. The number of hydrogen-bond acceptors (Lipinski definition) is 5. The number of hydroxylamine groups is 2. The molecule has 1 heterocycles. The first-order valence-electron chi connectivity index (χ1n) is 6.82. The fourth-order valence-corrected chi connectivity index (χ4v) is 1.95. The molecule has 0 aliphatic heterocycles. The minimum atomic E-state index is -3.02. The van der Waals surface area contributed by atoms with Crippen LogP contribution in [0, 0.1) is 6.92 Å². The lowest BCUT2D eigenvalue weighted by molar-refractivity contribution is -0.0762. The van der Waals surface area contributed by atoms with Crippen molar-refractivity contribution in [3.8, 4) is 11.4 Å². The Balaban J connectivity index is 2.59. The van der Waals surface area contributed by atoms with E-state index in [0.29, 0.717) is 0 Å². The largest absolute Gasteiger partial charge is 0.433 e. The van der Waals surface area contributed by atoms with Gasteiger partial charge >= 0.3 is 12.5 Å². The summed E-state index contributed by atoms with van der Waals surface area (Å²) in [6.07, 6.45) is 1.33. The SMILES string of the molecule is CON(C)C(=O)c1nn(-c2ccccc2OC(F)F)cc(C)c1=O. The van der Waals surface area contributed by atoms with Crippen LogP contribution in [0.25, 0.3) is 5.69 Å². The van der Waals surface area contributed by atoms with Crippen LogP contribution in [-0.2, 0) is 4.84 Å². The molecule has 2 rings (SSSR count). The summed E-state index contributed by atoms with van der Waals surface area (Å²) in [6.45, 7) is -1.53. The summed E-state index contributed by atoms with van der Waals surface area (Å²) in [5.41, 5.74) is -0.599. The van der Waals surface area contributed by atoms with E-state index in [1.165, 1.54) is 45.5 Å². The van der Waals surface area contributed by atoms with Gasteiger partial charge in [0.25, 0.3) is 0 Å². The second-order valence-corrected chi connectivity index (χ2v) is 4.77. The maximum absolute atomic E-state index is 12.5. The summed E-state index contributed by atoms with van der Waals surface area (Å²) in [5, 5.41) is 4.79. The van der Waals surface area contributed by atoms with Crippen molar-refractivity contribution in [3.05, 3.63) is 51.9 Å². The Kier molecular flexibility index (Phi) is 5.24. The fourth-order valence-electron chi connectivity index (χ4n) is 1.95. The van der Waals surface area contributed by atoms with Crippen LogP contribution >= 0.6 is 0 Å². The van der Waals surface area contributed by atoms with Crippen molar-refractivity contribution in [3.63, 3.8) is 0 Å². The molecule has 1 aromatic heterocycles. The van der Waals surface area contributed by atoms with Crippen molar-refractivity contribution in [2.45, 2.75) is 13.5 Å². The van der Waals surface area contributed by atoms with E-state index in [-0.39, 0.29) is 17.0 Å². The van der Waals surface area contributed by atoms with Gasteiger partial charge < -0.3 is 4.74 Å². The van der Waals surface area contributed by atoms with Gasteiger partial charge in [-0.1, -0.05) is 12.1 Å². The number of hydrogen-bond donors (Lipinski definition) is 0. The second kappa shape index (κ2) is 7.18. The van der Waals surface area contributed by atoms with Gasteiger partial charge in [0.05, 0.1) is 7.11 Å². The van der Waals surface area contributed by atoms with E-state index >= 15 is 0 Å². The number of ether oxygens (including phenoxy) is 1. The van der Waals surface area contributed by atoms with Crippen LogP contribution < -0.4 is 10.2 Å². The number of alkyl halides is 2. The van der Waals surface area contributed by atoms with Crippen molar-refractivity contribution < 1.29 is 23.1 Å². The van der Waals surface area contributed by atoms with E-state index in [2.05, 4.69) is 9.84 Å². The molecule has 0 radical (unpaired) electrons. The van der Waals surface area contributed by atoms with E-state index in [4.69, 9.17) is 4.84 Å². The predicted molar refractivity (Wildman–Crippen MR) is 80.3 cm³/mol. The Hall–Kier alpha value is -2.81. The first-order chi connectivity index (χ1) is 11.3. The third-order valence-electron chi connectivity index (χ3n) is 3.19. The molecule has 1 aromatic carbocycles. The molecule has 0 fully saturated rings. The fraction of sp³-hybridized carbons (Fsp3) is 0.267. The average molecular weight is 339 g/mol. The minimum Gasteiger partial charge on any atom is -0.433 e. The van der Waals surface area contributed by atoms with Gasteiger partial charge in [0.2, 0.25) is 5.43 Å². The Labute approximate surface area is 136 Å². The standard InChI is InChI=1S/C15H15F2N3O4/c1-9-8-20(10-6-4-5-7-11(10)24-15(16)17)18-12(13(9)21)14(22)19(2)23-3/h4-8,15H,1-3H3. The van der Waals surface area contributed by atoms with Gasteiger partial charge in [-0.05, 0) is 19.1 Å². The average Bonchev–Trinajstić information content (AvgIpc) is 2.56. The molecule has 0 saturated carbocycles. The van der Waals surface area contributed by atoms with E-state index in [9.17, 15) is 18.4 Å². The van der Waals surface area contributed by atoms with Gasteiger partial charge in [-0.2, -0.15) is 13.9 Å². The van der Waals surface area contributed by atoms with Gasteiger partial charge in [0.1, 0.15) is 5.69 Å². The lowest BCUT2D eigenvalue weighted by atomic mass is 10.2. The molecule has 24 heavy (non-hydrogen) atoms. The van der Waals surface area contributed by atoms with Crippen molar-refractivity contribution in [1.82, 2.24) is 14.8 Å². The molecule has 0 spiro atoms. The molecule has 9 heteroatoms. The van der Waals surface area contributed by atoms with Gasteiger partial charge in [-0.15, -0.1) is 0 Å². The summed E-state index contributed by atoms with van der Waals surface area (Å²) in [4.78, 5) is 29.1. The number of para-hydroxylation sites is 2. The smallest absolute Gasteiger partial charge is 0.387 e. The molecule has 128 valence electrons. The second-order valence-electron chi connectivity index (χ2n) is 4.77. The Morgan fingerprint density at radius 1 is 1.33 bits per heavy atom. The monoisotopic (exact) mass is 339 g/mol. The lowest BCUT2D eigenvalue weighted by Gasteiger charge is -2.16. The maximum Gasteiger partial charge on any atom is 0.387 e. The minimum absolute atomic E-state index is 0.137. The van der Waals surface area contributed by atoms with Crippen molar-refractivity contribution in [2.24, 2.45) is 0 Å². The van der Waals surface area contributed by atoms with Crippen LogP contribution in [0.15, 0.2) is 35.3 Å². The van der Waals surface area contributed by atoms with Gasteiger partial charge in [0.15, 0.2) is 11.4 Å². The van der Waals surface area contributed by atoms with E-state index in [0.717, 1.165) is 9.75 Å². The molecule has 0 saturated heterocycles. The number of rotatable bonds is 5. The van der Waals surface area contributed by atoms with Gasteiger partial charge in [-0.3, -0.25) is 14.4 Å². The van der Waals surface area contributed by atoms with Crippen LogP contribution in [0.3, 0.4) is 0 Å². The highest BCUT2D eigenvalue weighted by Gasteiger charge is 2.21. The van der Waals surface area contributed by atoms with Gasteiger partial charge in [-0.25, -0.2) is 9.75 Å². The highest BCUT2D eigenvalue weighted by atomic mass is 19.3. The van der Waals surface area contributed by atoms with Crippen molar-refractivity contribution >= 4 is 5.91 Å². The molecule has 0 aliphatic rings. The molecule has 2 aromatic rings. The molecule has 0 atom stereocenters. The van der Waals surface area contributed by atoms with Crippen LogP contribution in [0.1, 0.15) is 16.1 Å². The molecule has 0 unspecified atom stereocenters. The molecule has 7 nitrogen and oxygen atoms in total. The quantitative estimate of drug-likeness (QED) is 0.777. The zero-order chi connectivity index (χ0) is 17.9. The third kappa shape index (κ3) is 3.57. The van der Waals surface area contributed by atoms with Crippen LogP contribution in [0.5, 0.6) is 5.75 Å². The summed E-state index contributed by atoms with van der Waals surface area (Å²) >= 11 is 0. The summed E-state index contributed by atoms with van der Waals surface area (Å²) in [6, 6.07) is 5.91. The van der Waals surface area contributed by atoms with Crippen LogP contribution in [0.4, 0.5) is 8.78 Å². The predicted octanol–water partition coefficient (Wildman–Crippen LogP) is 1.78. The van der Waals surface area contributed by atoms with E-state index < -0.39 is 23.6 Å². The first-order valence-corrected chi connectivity index (χ1v) is 6.82. The van der Waals surface area contributed by atoms with Crippen LogP contribution in [0.2, 0.25) is 0 Å². The number of aromatic nitrogens is 2. The number of aryl methyl sites for hydroxylation is 1. The van der Waals surface area contributed by atoms with Gasteiger partial charge in [0, 0.05) is 18.8 Å². The first kappa shape index (κ1) is 17.5. The Morgan fingerprint density at radius 3 is 2.62 bits per heavy atom. The zero-order valence-corrected chi connectivity index (χ0v) is 13.2. The molecule has 1 amide bonds. The van der Waals surface area contributed by atoms with Crippen molar-refractivity contribution in [2.75, 3.05) is 14.2 Å². The number of halogens is 2. The molecule has 0 N–H and O–H groups in total. The lowest BCUT2D eigenvalue weighted by Crippen LogP contribution is -2.33. The molecule has 0 bridgehead atoms. The van der Waals surface area contributed by atoms with Crippen LogP contribution in [-0.4, -0.2) is 41.5 Å². The van der Waals surface area contributed by atoms with E-state index in [1.807, 2.05) is 0 Å². The van der Waals surface area contributed by atoms with Crippen molar-refractivity contribution in [1.29, 1.82) is 0 Å². The Bertz CT molecular complexity index is 808. The highest BCUT2D eigenvalue weighted by molar-refractivity contribution is 5.91. The number of carbonyl (C=O) groups excluding carboxylic acids is 1. The number of amides is 1. The normalized spacial score (nSPS) is 10.8. The van der Waals surface area contributed by atoms with E-state index in [1.54, 1.807) is 6.07 Å². The maximum atomic E-state index is 12.5. The topological polar surface area (TPSA) is 73.7 Å². The molecular weight excluding hydrogens is 324 g/mol. The third-order valence-corrected chi connectivity index (χ3v) is 3.19. The molecular formula is C15H15F2N3O4. The summed E-state index contributed by atoms with van der Waals surface area (Å²) < 4.78 is 30.7. The molecule has 0 aliphatic carbocycles. The zero-order valence-electron chi connectivity index (χ0n) is 13.2. The number of carbonyl (C=O) groups is 1. The number of benzene rings is 1. The summed E-state index contributed by atoms with van der Waals surface area (Å²) in [5.74, 6) is -0.895. The highest BCUT2D eigenvalue weighted by Crippen LogP contribution is 2.23. The number of nitrogens with zero attached hydrogens (tertiary/aromatic N) is 3. The summed E-state index contributed by atoms with van der Waals surface area (Å²) in [7, 11) is 2.59.